The molecule has 32 heavy (non-hydrogen) atoms. The third kappa shape index (κ3) is 4.20. The van der Waals surface area contributed by atoms with Gasteiger partial charge in [0.25, 0.3) is 0 Å². The summed E-state index contributed by atoms with van der Waals surface area (Å²) in [6.45, 7) is 6.62. The van der Waals surface area contributed by atoms with Crippen molar-refractivity contribution in [3.05, 3.63) is 66.3 Å². The van der Waals surface area contributed by atoms with E-state index in [4.69, 9.17) is 9.97 Å². The summed E-state index contributed by atoms with van der Waals surface area (Å²) in [4.78, 5) is 22.1. The van der Waals surface area contributed by atoms with Crippen molar-refractivity contribution in [2.75, 3.05) is 0 Å². The molecule has 0 amide bonds. The monoisotopic (exact) mass is 423 g/mol. The van der Waals surface area contributed by atoms with E-state index in [1.807, 2.05) is 43.5 Å². The van der Waals surface area contributed by atoms with Crippen LogP contribution < -0.4 is 0 Å². The third-order valence-corrected chi connectivity index (χ3v) is 6.26. The molecule has 1 unspecified atom stereocenters. The van der Waals surface area contributed by atoms with Crippen LogP contribution in [-0.4, -0.2) is 24.9 Å². The Kier molecular flexibility index (Phi) is 5.56. The van der Waals surface area contributed by atoms with Crippen LogP contribution >= 0.6 is 0 Å². The van der Waals surface area contributed by atoms with Gasteiger partial charge in [0.15, 0.2) is 0 Å². The number of nitrogens with one attached hydrogen (secondary N) is 1. The zero-order chi connectivity index (χ0) is 22.1. The van der Waals surface area contributed by atoms with Crippen LogP contribution in [0.1, 0.15) is 50.8 Å². The molecule has 0 aromatic carbocycles. The minimum absolute atomic E-state index is 0.766. The van der Waals surface area contributed by atoms with Gasteiger partial charge >= 0.3 is 0 Å². The number of aromatic amines is 1. The number of aromatic nitrogens is 5. The van der Waals surface area contributed by atoms with Crippen molar-refractivity contribution >= 4 is 16.6 Å². The quantitative estimate of drug-likeness (QED) is 0.392. The van der Waals surface area contributed by atoms with E-state index in [0.29, 0.717) is 0 Å². The summed E-state index contributed by atoms with van der Waals surface area (Å²) in [5, 5.41) is 0. The van der Waals surface area contributed by atoms with Crippen molar-refractivity contribution in [1.82, 2.24) is 24.9 Å². The molecule has 1 aliphatic rings. The van der Waals surface area contributed by atoms with Gasteiger partial charge in [-0.2, -0.15) is 0 Å². The molecule has 0 bridgehead atoms. The van der Waals surface area contributed by atoms with Crippen molar-refractivity contribution in [3.8, 4) is 22.8 Å². The minimum atomic E-state index is 0.766. The first kappa shape index (κ1) is 20.6. The van der Waals surface area contributed by atoms with E-state index >= 15 is 0 Å². The molecular weight excluding hydrogens is 394 g/mol. The number of nitrogens with zero attached hydrogens (tertiary/aromatic N) is 4. The van der Waals surface area contributed by atoms with Gasteiger partial charge in [-0.15, -0.1) is 0 Å². The van der Waals surface area contributed by atoms with E-state index in [1.54, 1.807) is 6.33 Å². The first-order valence-electron chi connectivity index (χ1n) is 11.5. The van der Waals surface area contributed by atoms with Gasteiger partial charge in [-0.1, -0.05) is 26.0 Å². The molecule has 1 atom stereocenters. The second kappa shape index (κ2) is 8.65. The van der Waals surface area contributed by atoms with Gasteiger partial charge in [0.2, 0.25) is 0 Å². The normalized spacial score (nSPS) is 16.5. The van der Waals surface area contributed by atoms with E-state index in [9.17, 15) is 0 Å². The maximum Gasteiger partial charge on any atom is 0.116 e. The van der Waals surface area contributed by atoms with Gasteiger partial charge in [0.1, 0.15) is 5.69 Å². The lowest BCUT2D eigenvalue weighted by molar-refractivity contribution is 0.385. The highest BCUT2D eigenvalue weighted by Crippen LogP contribution is 2.34. The molecule has 5 nitrogen and oxygen atoms in total. The predicted molar refractivity (Wildman–Crippen MR) is 130 cm³/mol. The fraction of sp³-hybridized carbons (Fsp3) is 0.333. The highest BCUT2D eigenvalue weighted by atomic mass is 14.9. The number of H-pyrrole nitrogens is 1. The summed E-state index contributed by atoms with van der Waals surface area (Å²) >= 11 is 0. The highest BCUT2D eigenvalue weighted by molar-refractivity contribution is 5.83. The Hall–Kier alpha value is -3.34. The van der Waals surface area contributed by atoms with Crippen LogP contribution in [0.15, 0.2) is 55.0 Å². The highest BCUT2D eigenvalue weighted by Gasteiger charge is 2.18. The predicted octanol–water partition coefficient (Wildman–Crippen LogP) is 6.62. The van der Waals surface area contributed by atoms with Gasteiger partial charge in [-0.3, -0.25) is 9.97 Å². The van der Waals surface area contributed by atoms with Crippen LogP contribution in [0.2, 0.25) is 0 Å². The SMILES string of the molecule is Cc1cccc(-c2nc[nH]c2-c2ccc3ncc(C4=CCC(CC(C)C)CC4)cc3n2)n1. The number of rotatable bonds is 5. The van der Waals surface area contributed by atoms with Crippen molar-refractivity contribution in [2.24, 2.45) is 11.8 Å². The Bertz CT molecular complexity index is 1280. The summed E-state index contributed by atoms with van der Waals surface area (Å²) in [7, 11) is 0. The van der Waals surface area contributed by atoms with Crippen molar-refractivity contribution in [1.29, 1.82) is 0 Å². The molecule has 1 aliphatic carbocycles. The van der Waals surface area contributed by atoms with E-state index in [1.165, 1.54) is 30.4 Å². The number of aryl methyl sites for hydroxylation is 1. The molecule has 4 aromatic rings. The molecule has 162 valence electrons. The smallest absolute Gasteiger partial charge is 0.116 e. The molecule has 0 saturated carbocycles. The molecule has 4 aromatic heterocycles. The molecular formula is C27H29N5. The Morgan fingerprint density at radius 2 is 1.94 bits per heavy atom. The zero-order valence-electron chi connectivity index (χ0n) is 19.0. The Labute approximate surface area is 189 Å². The van der Waals surface area contributed by atoms with Gasteiger partial charge < -0.3 is 4.98 Å². The topological polar surface area (TPSA) is 67.3 Å². The summed E-state index contributed by atoms with van der Waals surface area (Å²) in [6, 6.07) is 12.2. The summed E-state index contributed by atoms with van der Waals surface area (Å²) < 4.78 is 0. The van der Waals surface area contributed by atoms with E-state index in [0.717, 1.165) is 57.8 Å². The first-order valence-corrected chi connectivity index (χ1v) is 11.5. The summed E-state index contributed by atoms with van der Waals surface area (Å²) in [5.41, 5.74) is 8.76. The second-order valence-electron chi connectivity index (χ2n) is 9.25. The van der Waals surface area contributed by atoms with Crippen LogP contribution in [0, 0.1) is 18.8 Å². The molecule has 1 N–H and O–H groups in total. The largest absolute Gasteiger partial charge is 0.343 e. The Morgan fingerprint density at radius 1 is 1.03 bits per heavy atom. The van der Waals surface area contributed by atoms with Crippen LogP contribution in [-0.2, 0) is 0 Å². The van der Waals surface area contributed by atoms with Crippen LogP contribution in [0.4, 0.5) is 0 Å². The Morgan fingerprint density at radius 3 is 2.72 bits per heavy atom. The van der Waals surface area contributed by atoms with Crippen molar-refractivity contribution in [3.63, 3.8) is 0 Å². The minimum Gasteiger partial charge on any atom is -0.343 e. The fourth-order valence-electron chi connectivity index (χ4n) is 4.71. The fourth-order valence-corrected chi connectivity index (χ4v) is 4.71. The lowest BCUT2D eigenvalue weighted by Crippen LogP contribution is -2.08. The maximum atomic E-state index is 4.95. The number of allylic oxidation sites excluding steroid dienone is 2. The number of pyridine rings is 3. The van der Waals surface area contributed by atoms with Crippen LogP contribution in [0.3, 0.4) is 0 Å². The van der Waals surface area contributed by atoms with E-state index in [2.05, 4.69) is 40.9 Å². The standard InChI is InChI=1S/C27H29N5/c1-17(2)13-19-7-9-20(10-8-19)21-14-25-22(28-15-21)11-12-24(32-25)27-26(29-16-30-27)23-6-4-5-18(3)31-23/h4-6,9,11-12,14-17,19H,7-8,10,13H2,1-3H3,(H,29,30). The molecule has 0 aliphatic heterocycles. The van der Waals surface area contributed by atoms with Gasteiger partial charge in [-0.25, -0.2) is 9.97 Å². The molecule has 5 heteroatoms. The lowest BCUT2D eigenvalue weighted by Gasteiger charge is -2.23. The molecule has 4 heterocycles. The second-order valence-corrected chi connectivity index (χ2v) is 9.25. The van der Waals surface area contributed by atoms with E-state index < -0.39 is 0 Å². The van der Waals surface area contributed by atoms with Gasteiger partial charge in [-0.05, 0) is 85.9 Å². The number of imidazole rings is 1. The van der Waals surface area contributed by atoms with Crippen molar-refractivity contribution in [2.45, 2.75) is 46.5 Å². The van der Waals surface area contributed by atoms with Crippen LogP contribution in [0.25, 0.3) is 39.4 Å². The average Bonchev–Trinajstić information content (AvgIpc) is 3.28. The first-order chi connectivity index (χ1) is 15.6. The molecule has 5 rings (SSSR count). The number of hydrogen-bond acceptors (Lipinski definition) is 4. The molecule has 0 spiro atoms. The molecule has 0 saturated heterocycles. The number of hydrogen-bond donors (Lipinski definition) is 1. The maximum absolute atomic E-state index is 4.95. The summed E-state index contributed by atoms with van der Waals surface area (Å²) in [5.74, 6) is 1.58. The third-order valence-electron chi connectivity index (χ3n) is 6.26. The van der Waals surface area contributed by atoms with Crippen molar-refractivity contribution < 1.29 is 0 Å². The van der Waals surface area contributed by atoms with Gasteiger partial charge in [0, 0.05) is 11.9 Å². The van der Waals surface area contributed by atoms with E-state index in [-0.39, 0.29) is 0 Å². The lowest BCUT2D eigenvalue weighted by atomic mass is 9.82. The molecule has 0 fully saturated rings. The molecule has 0 radical (unpaired) electrons. The van der Waals surface area contributed by atoms with Crippen LogP contribution in [0.5, 0.6) is 0 Å². The number of fused-ring (bicyclic) bond motifs is 1. The zero-order valence-corrected chi connectivity index (χ0v) is 19.0. The van der Waals surface area contributed by atoms with Gasteiger partial charge in [0.05, 0.1) is 34.4 Å². The average molecular weight is 424 g/mol. The Balaban J connectivity index is 1.47. The summed E-state index contributed by atoms with van der Waals surface area (Å²) in [6.07, 6.45) is 11.0.